The predicted molar refractivity (Wildman–Crippen MR) is 121 cm³/mol. The number of ether oxygens (including phenoxy) is 2. The number of carboxylic acid groups (broad SMARTS) is 1. The van der Waals surface area contributed by atoms with Crippen LogP contribution in [0.1, 0.15) is 44.2 Å². The molecule has 2 aromatic carbocycles. The van der Waals surface area contributed by atoms with Gasteiger partial charge in [0, 0.05) is 18.9 Å². The molecule has 0 radical (unpaired) electrons. The number of alkyl carbamates (subject to hydrolysis) is 1. The normalized spacial score (nSPS) is 19.5. The average molecular weight is 453 g/mol. The molecule has 8 heteroatoms. The topological polar surface area (TPSA) is 105 Å². The monoisotopic (exact) mass is 452 g/mol. The molecule has 2 N–H and O–H groups in total. The average Bonchev–Trinajstić information content (AvgIpc) is 3.31. The Morgan fingerprint density at radius 2 is 1.61 bits per heavy atom. The Labute approximate surface area is 192 Å². The molecule has 2 amide bonds. The van der Waals surface area contributed by atoms with E-state index in [-0.39, 0.29) is 25.5 Å². The predicted octanol–water partition coefficient (Wildman–Crippen LogP) is 3.99. The summed E-state index contributed by atoms with van der Waals surface area (Å²) in [6, 6.07) is 14.5. The van der Waals surface area contributed by atoms with Crippen molar-refractivity contribution in [3.63, 3.8) is 0 Å². The van der Waals surface area contributed by atoms with E-state index in [2.05, 4.69) is 17.4 Å². The number of nitrogens with zero attached hydrogens (tertiary/aromatic N) is 1. The number of fused-ring (bicyclic) bond motifs is 3. The van der Waals surface area contributed by atoms with Crippen LogP contribution in [-0.2, 0) is 14.3 Å². The standard InChI is InChI=1S/C25H28N2O6/c1-25(2,3)33-24(31)27-13-15(12-21(27)22(28)29)26-23(30)32-14-20-18-10-6-4-8-16(18)17-9-5-7-11-19(17)20/h4-11,15,20-21H,12-14H2,1-3H3,(H,26,30)(H,28,29)/t15-,21-/m1/s1. The molecule has 0 aromatic heterocycles. The number of aliphatic carboxylic acids is 1. The maximum absolute atomic E-state index is 12.5. The van der Waals surface area contributed by atoms with Gasteiger partial charge in [0.2, 0.25) is 0 Å². The van der Waals surface area contributed by atoms with Crippen LogP contribution in [0.25, 0.3) is 11.1 Å². The van der Waals surface area contributed by atoms with Crippen molar-refractivity contribution in [1.82, 2.24) is 10.2 Å². The fraction of sp³-hybridized carbons (Fsp3) is 0.400. The molecular weight excluding hydrogens is 424 g/mol. The summed E-state index contributed by atoms with van der Waals surface area (Å²) in [4.78, 5) is 37.8. The molecular formula is C25H28N2O6. The summed E-state index contributed by atoms with van der Waals surface area (Å²) in [5.74, 6) is -1.21. The van der Waals surface area contributed by atoms with E-state index in [0.717, 1.165) is 27.2 Å². The Bertz CT molecular complexity index is 1030. The van der Waals surface area contributed by atoms with Crippen LogP contribution in [-0.4, -0.2) is 59.0 Å². The third-order valence-electron chi connectivity index (χ3n) is 5.88. The van der Waals surface area contributed by atoms with Crippen molar-refractivity contribution in [3.05, 3.63) is 59.7 Å². The highest BCUT2D eigenvalue weighted by atomic mass is 16.6. The first-order valence-corrected chi connectivity index (χ1v) is 11.0. The summed E-state index contributed by atoms with van der Waals surface area (Å²) in [6.45, 7) is 5.33. The SMILES string of the molecule is CC(C)(C)OC(=O)N1C[C@H](NC(=O)OCC2c3ccccc3-c3ccccc32)C[C@@H]1C(=O)O. The molecule has 33 heavy (non-hydrogen) atoms. The molecule has 2 atom stereocenters. The largest absolute Gasteiger partial charge is 0.480 e. The molecule has 0 bridgehead atoms. The number of hydrogen-bond donors (Lipinski definition) is 2. The number of carbonyl (C=O) groups excluding carboxylic acids is 2. The number of likely N-dealkylation sites (tertiary alicyclic amines) is 1. The van der Waals surface area contributed by atoms with Crippen LogP contribution in [0.2, 0.25) is 0 Å². The minimum Gasteiger partial charge on any atom is -0.480 e. The first-order chi connectivity index (χ1) is 15.6. The summed E-state index contributed by atoms with van der Waals surface area (Å²) >= 11 is 0. The van der Waals surface area contributed by atoms with Crippen LogP contribution in [0.4, 0.5) is 9.59 Å². The van der Waals surface area contributed by atoms with Crippen LogP contribution in [0, 0.1) is 0 Å². The van der Waals surface area contributed by atoms with Crippen LogP contribution < -0.4 is 5.32 Å². The maximum atomic E-state index is 12.5. The van der Waals surface area contributed by atoms with Gasteiger partial charge in [0.05, 0.1) is 6.04 Å². The fourth-order valence-electron chi connectivity index (χ4n) is 4.50. The second kappa shape index (κ2) is 8.77. The lowest BCUT2D eigenvalue weighted by Crippen LogP contribution is -2.44. The first kappa shape index (κ1) is 22.6. The van der Waals surface area contributed by atoms with E-state index in [1.807, 2.05) is 36.4 Å². The minimum absolute atomic E-state index is 0.0378. The Hall–Kier alpha value is -3.55. The number of carbonyl (C=O) groups is 3. The molecule has 0 spiro atoms. The molecule has 2 aliphatic rings. The van der Waals surface area contributed by atoms with Crippen molar-refractivity contribution in [2.45, 2.75) is 50.8 Å². The van der Waals surface area contributed by atoms with Gasteiger partial charge in [0.1, 0.15) is 18.2 Å². The lowest BCUT2D eigenvalue weighted by molar-refractivity contribution is -0.142. The minimum atomic E-state index is -1.14. The molecule has 1 aliphatic carbocycles. The highest BCUT2D eigenvalue weighted by Gasteiger charge is 2.42. The quantitative estimate of drug-likeness (QED) is 0.727. The second-order valence-corrected chi connectivity index (χ2v) is 9.39. The van der Waals surface area contributed by atoms with Crippen molar-refractivity contribution in [3.8, 4) is 11.1 Å². The molecule has 1 saturated heterocycles. The third kappa shape index (κ3) is 4.79. The fourth-order valence-corrected chi connectivity index (χ4v) is 4.50. The summed E-state index contributed by atoms with van der Waals surface area (Å²) in [5.41, 5.74) is 3.73. The smallest absolute Gasteiger partial charge is 0.411 e. The zero-order chi connectivity index (χ0) is 23.8. The van der Waals surface area contributed by atoms with E-state index in [0.29, 0.717) is 0 Å². The van der Waals surface area contributed by atoms with E-state index < -0.39 is 35.8 Å². The van der Waals surface area contributed by atoms with Crippen LogP contribution in [0.15, 0.2) is 48.5 Å². The first-order valence-electron chi connectivity index (χ1n) is 11.0. The lowest BCUT2D eigenvalue weighted by Gasteiger charge is -2.26. The van der Waals surface area contributed by atoms with Gasteiger partial charge in [0.15, 0.2) is 0 Å². The van der Waals surface area contributed by atoms with Crippen molar-refractivity contribution >= 4 is 18.2 Å². The van der Waals surface area contributed by atoms with Gasteiger partial charge in [-0.2, -0.15) is 0 Å². The Kier molecular flexibility index (Phi) is 6.01. The molecule has 4 rings (SSSR count). The Morgan fingerprint density at radius 1 is 1.03 bits per heavy atom. The highest BCUT2D eigenvalue weighted by Crippen LogP contribution is 2.44. The summed E-state index contributed by atoms with van der Waals surface area (Å²) in [6.07, 6.45) is -1.28. The van der Waals surface area contributed by atoms with Crippen molar-refractivity contribution in [2.75, 3.05) is 13.2 Å². The number of benzene rings is 2. The molecule has 2 aromatic rings. The van der Waals surface area contributed by atoms with E-state index in [4.69, 9.17) is 9.47 Å². The molecule has 174 valence electrons. The Morgan fingerprint density at radius 3 is 2.15 bits per heavy atom. The number of hydrogen-bond acceptors (Lipinski definition) is 5. The van der Waals surface area contributed by atoms with E-state index in [1.165, 1.54) is 0 Å². The van der Waals surface area contributed by atoms with Crippen molar-refractivity contribution in [1.29, 1.82) is 0 Å². The van der Waals surface area contributed by atoms with Crippen LogP contribution >= 0.6 is 0 Å². The van der Waals surface area contributed by atoms with Gasteiger partial charge in [-0.3, -0.25) is 4.90 Å². The third-order valence-corrected chi connectivity index (χ3v) is 5.88. The second-order valence-electron chi connectivity index (χ2n) is 9.39. The van der Waals surface area contributed by atoms with Gasteiger partial charge >= 0.3 is 18.2 Å². The number of carboxylic acids is 1. The van der Waals surface area contributed by atoms with Gasteiger partial charge in [-0.1, -0.05) is 48.5 Å². The molecule has 1 aliphatic heterocycles. The van der Waals surface area contributed by atoms with Crippen LogP contribution in [0.3, 0.4) is 0 Å². The zero-order valence-electron chi connectivity index (χ0n) is 18.9. The van der Waals surface area contributed by atoms with Gasteiger partial charge < -0.3 is 19.9 Å². The number of amides is 2. The van der Waals surface area contributed by atoms with E-state index in [1.54, 1.807) is 20.8 Å². The van der Waals surface area contributed by atoms with Gasteiger partial charge in [0.25, 0.3) is 0 Å². The molecule has 0 saturated carbocycles. The van der Waals surface area contributed by atoms with Crippen molar-refractivity contribution in [2.24, 2.45) is 0 Å². The molecule has 1 heterocycles. The van der Waals surface area contributed by atoms with Gasteiger partial charge in [-0.25, -0.2) is 14.4 Å². The summed E-state index contributed by atoms with van der Waals surface area (Å²) in [7, 11) is 0. The van der Waals surface area contributed by atoms with Gasteiger partial charge in [-0.05, 0) is 43.0 Å². The summed E-state index contributed by atoms with van der Waals surface area (Å²) in [5, 5.41) is 12.2. The summed E-state index contributed by atoms with van der Waals surface area (Å²) < 4.78 is 10.9. The highest BCUT2D eigenvalue weighted by molar-refractivity contribution is 5.82. The van der Waals surface area contributed by atoms with E-state index in [9.17, 15) is 19.5 Å². The molecule has 8 nitrogen and oxygen atoms in total. The number of nitrogens with one attached hydrogen (secondary N) is 1. The maximum Gasteiger partial charge on any atom is 0.411 e. The molecule has 1 fully saturated rings. The van der Waals surface area contributed by atoms with E-state index >= 15 is 0 Å². The Balaban J connectivity index is 1.39. The zero-order valence-corrected chi connectivity index (χ0v) is 18.9. The van der Waals surface area contributed by atoms with Crippen LogP contribution in [0.5, 0.6) is 0 Å². The lowest BCUT2D eigenvalue weighted by atomic mass is 9.98. The number of rotatable bonds is 4. The molecule has 0 unspecified atom stereocenters. The van der Waals surface area contributed by atoms with Gasteiger partial charge in [-0.15, -0.1) is 0 Å². The van der Waals surface area contributed by atoms with Crippen molar-refractivity contribution < 1.29 is 29.0 Å².